The van der Waals surface area contributed by atoms with E-state index in [0.29, 0.717) is 17.7 Å². The Balaban J connectivity index is 1.87. The van der Waals surface area contributed by atoms with E-state index in [1.165, 1.54) is 25.3 Å². The van der Waals surface area contributed by atoms with Crippen molar-refractivity contribution in [3.63, 3.8) is 0 Å². The molecule has 1 aliphatic rings. The van der Waals surface area contributed by atoms with Crippen LogP contribution < -0.4 is 10.1 Å². The molecule has 2 aromatic rings. The van der Waals surface area contributed by atoms with E-state index in [2.05, 4.69) is 5.32 Å². The summed E-state index contributed by atoms with van der Waals surface area (Å²) in [6.45, 7) is 2.04. The van der Waals surface area contributed by atoms with Crippen LogP contribution in [0.25, 0.3) is 11.1 Å². The predicted molar refractivity (Wildman–Crippen MR) is 84.4 cm³/mol. The second-order valence-electron chi connectivity index (χ2n) is 5.58. The van der Waals surface area contributed by atoms with Crippen LogP contribution in [0.5, 0.6) is 5.75 Å². The highest BCUT2D eigenvalue weighted by Gasteiger charge is 2.16. The molecule has 1 atom stereocenters. The van der Waals surface area contributed by atoms with Crippen LogP contribution in [0.15, 0.2) is 36.4 Å². The Morgan fingerprint density at radius 3 is 2.74 bits per heavy atom. The highest BCUT2D eigenvalue weighted by Crippen LogP contribution is 2.29. The maximum absolute atomic E-state index is 13.9. The van der Waals surface area contributed by atoms with Crippen molar-refractivity contribution in [2.24, 2.45) is 0 Å². The summed E-state index contributed by atoms with van der Waals surface area (Å²) >= 11 is 0. The lowest BCUT2D eigenvalue weighted by atomic mass is 9.99. The summed E-state index contributed by atoms with van der Waals surface area (Å²) in [4.78, 5) is 0. The molecule has 0 bridgehead atoms. The maximum atomic E-state index is 13.9. The lowest BCUT2D eigenvalue weighted by Gasteiger charge is -2.14. The highest BCUT2D eigenvalue weighted by molar-refractivity contribution is 5.68. The lowest BCUT2D eigenvalue weighted by Crippen LogP contribution is -2.16. The largest absolute Gasteiger partial charge is 0.494 e. The van der Waals surface area contributed by atoms with Crippen molar-refractivity contribution in [3.8, 4) is 16.9 Å². The van der Waals surface area contributed by atoms with E-state index >= 15 is 0 Å². The van der Waals surface area contributed by atoms with Crippen LogP contribution >= 0.6 is 0 Å². The monoisotopic (exact) mass is 319 g/mol. The summed E-state index contributed by atoms with van der Waals surface area (Å²) in [5.74, 6) is -0.585. The number of ether oxygens (including phenoxy) is 2. The molecule has 23 heavy (non-hydrogen) atoms. The van der Waals surface area contributed by atoms with Gasteiger partial charge >= 0.3 is 0 Å². The van der Waals surface area contributed by atoms with Gasteiger partial charge in [0.1, 0.15) is 5.82 Å². The van der Waals surface area contributed by atoms with Crippen molar-refractivity contribution < 1.29 is 18.3 Å². The third-order valence-electron chi connectivity index (χ3n) is 4.02. The molecule has 3 nitrogen and oxygen atoms in total. The van der Waals surface area contributed by atoms with Gasteiger partial charge in [0.05, 0.1) is 19.8 Å². The zero-order valence-corrected chi connectivity index (χ0v) is 12.9. The average molecular weight is 319 g/mol. The van der Waals surface area contributed by atoms with Gasteiger partial charge in [-0.15, -0.1) is 0 Å². The van der Waals surface area contributed by atoms with Crippen molar-refractivity contribution in [3.05, 3.63) is 53.6 Å². The summed E-state index contributed by atoms with van der Waals surface area (Å²) in [5.41, 5.74) is 2.15. The molecule has 0 amide bonds. The van der Waals surface area contributed by atoms with Crippen molar-refractivity contribution in [1.29, 1.82) is 0 Å². The molecule has 1 saturated heterocycles. The van der Waals surface area contributed by atoms with Crippen LogP contribution in [0.1, 0.15) is 12.0 Å². The Morgan fingerprint density at radius 1 is 1.17 bits per heavy atom. The average Bonchev–Trinajstić information content (AvgIpc) is 3.06. The van der Waals surface area contributed by atoms with E-state index in [1.54, 1.807) is 18.2 Å². The van der Waals surface area contributed by atoms with Gasteiger partial charge in [-0.25, -0.2) is 8.78 Å². The zero-order chi connectivity index (χ0) is 16.2. The topological polar surface area (TPSA) is 30.5 Å². The molecule has 5 heteroatoms. The van der Waals surface area contributed by atoms with E-state index in [1.807, 2.05) is 0 Å². The van der Waals surface area contributed by atoms with E-state index in [9.17, 15) is 8.78 Å². The van der Waals surface area contributed by atoms with E-state index in [4.69, 9.17) is 9.47 Å². The minimum atomic E-state index is -0.443. The van der Waals surface area contributed by atoms with Crippen molar-refractivity contribution in [2.75, 3.05) is 20.2 Å². The second kappa shape index (κ2) is 7.06. The van der Waals surface area contributed by atoms with Crippen LogP contribution in [-0.4, -0.2) is 26.3 Å². The Kier molecular flexibility index (Phi) is 4.88. The molecule has 0 radical (unpaired) electrons. The fourth-order valence-corrected chi connectivity index (χ4v) is 2.78. The molecule has 1 aliphatic heterocycles. The van der Waals surface area contributed by atoms with E-state index < -0.39 is 5.82 Å². The quantitative estimate of drug-likeness (QED) is 0.915. The first-order valence-corrected chi connectivity index (χ1v) is 7.62. The molecule has 1 fully saturated rings. The number of rotatable bonds is 5. The number of methoxy groups -OCH3 is 1. The first kappa shape index (κ1) is 15.9. The van der Waals surface area contributed by atoms with Crippen molar-refractivity contribution >= 4 is 0 Å². The molecule has 122 valence electrons. The first-order chi connectivity index (χ1) is 11.2. The fraction of sp³-hybridized carbons (Fsp3) is 0.333. The van der Waals surface area contributed by atoms with Crippen LogP contribution in [0.4, 0.5) is 8.78 Å². The Bertz CT molecular complexity index is 685. The van der Waals surface area contributed by atoms with Gasteiger partial charge in [0.25, 0.3) is 0 Å². The van der Waals surface area contributed by atoms with E-state index in [0.717, 1.165) is 25.1 Å². The van der Waals surface area contributed by atoms with Gasteiger partial charge in [0.2, 0.25) is 0 Å². The third-order valence-corrected chi connectivity index (χ3v) is 4.02. The standard InChI is InChI=1S/C18H19F2NO2/c1-22-18-5-2-12(9-17(18)20)16-4-3-14(19)8-13(16)11-23-15-6-7-21-10-15/h2-5,8-9,15,21H,6-7,10-11H2,1H3/t15-/m0/s1. The molecule has 1 N–H and O–H groups in total. The van der Waals surface area contributed by atoms with Crippen LogP contribution in [0.2, 0.25) is 0 Å². The number of halogens is 2. The smallest absolute Gasteiger partial charge is 0.165 e. The van der Waals surface area contributed by atoms with Gasteiger partial charge in [0.15, 0.2) is 11.6 Å². The Morgan fingerprint density at radius 2 is 2.04 bits per heavy atom. The molecule has 1 heterocycles. The molecular formula is C18H19F2NO2. The number of nitrogens with one attached hydrogen (secondary N) is 1. The van der Waals surface area contributed by atoms with Gasteiger partial charge in [-0.2, -0.15) is 0 Å². The van der Waals surface area contributed by atoms with Gasteiger partial charge in [-0.1, -0.05) is 12.1 Å². The Labute approximate surface area is 134 Å². The minimum absolute atomic E-state index is 0.138. The summed E-state index contributed by atoms with van der Waals surface area (Å²) in [6, 6.07) is 9.20. The van der Waals surface area contributed by atoms with E-state index in [-0.39, 0.29) is 17.7 Å². The summed E-state index contributed by atoms with van der Waals surface area (Å²) in [7, 11) is 1.42. The molecule has 3 rings (SSSR count). The van der Waals surface area contributed by atoms with Crippen LogP contribution in [0.3, 0.4) is 0 Å². The molecular weight excluding hydrogens is 300 g/mol. The summed E-state index contributed by atoms with van der Waals surface area (Å²) in [6.07, 6.45) is 1.08. The maximum Gasteiger partial charge on any atom is 0.165 e. The first-order valence-electron chi connectivity index (χ1n) is 7.62. The zero-order valence-electron chi connectivity index (χ0n) is 12.9. The van der Waals surface area contributed by atoms with Gasteiger partial charge in [-0.05, 0) is 53.9 Å². The Hall–Kier alpha value is -1.98. The summed E-state index contributed by atoms with van der Waals surface area (Å²) < 4.78 is 38.3. The molecule has 0 spiro atoms. The van der Waals surface area contributed by atoms with Crippen molar-refractivity contribution in [2.45, 2.75) is 19.1 Å². The summed E-state index contributed by atoms with van der Waals surface area (Å²) in [5, 5.41) is 3.22. The number of benzene rings is 2. The molecule has 0 aromatic heterocycles. The SMILES string of the molecule is COc1ccc(-c2ccc(F)cc2CO[C@H]2CCNC2)cc1F. The number of hydrogen-bond acceptors (Lipinski definition) is 3. The molecule has 0 saturated carbocycles. The molecule has 0 unspecified atom stereocenters. The minimum Gasteiger partial charge on any atom is -0.494 e. The highest BCUT2D eigenvalue weighted by atomic mass is 19.1. The van der Waals surface area contributed by atoms with Crippen LogP contribution in [-0.2, 0) is 11.3 Å². The molecule has 2 aromatic carbocycles. The van der Waals surface area contributed by atoms with Gasteiger partial charge in [0, 0.05) is 6.54 Å². The molecule has 0 aliphatic carbocycles. The fourth-order valence-electron chi connectivity index (χ4n) is 2.78. The second-order valence-corrected chi connectivity index (χ2v) is 5.58. The predicted octanol–water partition coefficient (Wildman–Crippen LogP) is 3.52. The van der Waals surface area contributed by atoms with Gasteiger partial charge in [-0.3, -0.25) is 0 Å². The lowest BCUT2D eigenvalue weighted by molar-refractivity contribution is 0.0543. The van der Waals surface area contributed by atoms with Gasteiger partial charge < -0.3 is 14.8 Å². The normalized spacial score (nSPS) is 17.4. The van der Waals surface area contributed by atoms with Crippen LogP contribution in [0, 0.1) is 11.6 Å². The third kappa shape index (κ3) is 3.68. The van der Waals surface area contributed by atoms with Crippen molar-refractivity contribution in [1.82, 2.24) is 5.32 Å². The number of hydrogen-bond donors (Lipinski definition) is 1.